The normalized spacial score (nSPS) is 23.8. The monoisotopic (exact) mass is 325 g/mol. The molecule has 1 aromatic carbocycles. The number of carbonyl (C=O) groups is 2. The Labute approximate surface area is 136 Å². The van der Waals surface area contributed by atoms with Crippen molar-refractivity contribution >= 4 is 28.8 Å². The maximum Gasteiger partial charge on any atom is 0.344 e. The molecule has 0 spiro atoms. The summed E-state index contributed by atoms with van der Waals surface area (Å²) < 4.78 is 0. The van der Waals surface area contributed by atoms with Crippen LogP contribution in [0.1, 0.15) is 31.1 Å². The maximum absolute atomic E-state index is 12.2. The minimum absolute atomic E-state index is 0.203. The highest BCUT2D eigenvalue weighted by molar-refractivity contribution is 6.21. The lowest BCUT2D eigenvalue weighted by atomic mass is 9.80. The summed E-state index contributed by atoms with van der Waals surface area (Å²) in [6.45, 7) is 3.05. The number of H-pyrrole nitrogens is 1. The van der Waals surface area contributed by atoms with Gasteiger partial charge in [-0.05, 0) is 26.0 Å². The highest BCUT2D eigenvalue weighted by atomic mass is 16.2. The summed E-state index contributed by atoms with van der Waals surface area (Å²) in [5.74, 6) is -0.513. The molecule has 1 amide bonds. The van der Waals surface area contributed by atoms with E-state index < -0.39 is 11.1 Å². The molecule has 8 nitrogen and oxygen atoms in total. The van der Waals surface area contributed by atoms with Crippen molar-refractivity contribution in [2.24, 2.45) is 0 Å². The van der Waals surface area contributed by atoms with Crippen molar-refractivity contribution in [2.75, 3.05) is 16.0 Å². The van der Waals surface area contributed by atoms with Crippen molar-refractivity contribution in [2.45, 2.75) is 25.4 Å². The van der Waals surface area contributed by atoms with Gasteiger partial charge in [-0.15, -0.1) is 0 Å². The predicted molar refractivity (Wildman–Crippen MR) is 87.9 cm³/mol. The topological polar surface area (TPSA) is 116 Å². The third kappa shape index (κ3) is 1.86. The van der Waals surface area contributed by atoms with E-state index in [4.69, 9.17) is 0 Å². The molecule has 4 rings (SSSR count). The first-order valence-corrected chi connectivity index (χ1v) is 7.48. The fourth-order valence-electron chi connectivity index (χ4n) is 3.10. The van der Waals surface area contributed by atoms with Gasteiger partial charge in [-0.2, -0.15) is 0 Å². The molecule has 4 N–H and O–H groups in total. The number of Topliss-reactive ketones (excluding diaryl/α,β-unsaturated/α-hetero) is 1. The van der Waals surface area contributed by atoms with Gasteiger partial charge in [-0.3, -0.25) is 9.59 Å². The van der Waals surface area contributed by atoms with Gasteiger partial charge in [0.2, 0.25) is 5.91 Å². The van der Waals surface area contributed by atoms with Crippen LogP contribution in [0.25, 0.3) is 0 Å². The number of carbonyl (C=O) groups excluding carboxylic acids is 2. The zero-order valence-corrected chi connectivity index (χ0v) is 13.1. The van der Waals surface area contributed by atoms with Crippen LogP contribution < -0.4 is 21.6 Å². The summed E-state index contributed by atoms with van der Waals surface area (Å²) in [6.07, 6.45) is 2.82. The fourth-order valence-corrected chi connectivity index (χ4v) is 3.10. The summed E-state index contributed by atoms with van der Waals surface area (Å²) >= 11 is 0. The molecule has 0 radical (unpaired) electrons. The van der Waals surface area contributed by atoms with E-state index in [-0.39, 0.29) is 17.9 Å². The molecule has 0 bridgehead atoms. The number of anilines is 3. The molecule has 0 aliphatic carbocycles. The number of nitrogens with one attached hydrogen (secondary N) is 4. The third-order valence-corrected chi connectivity index (χ3v) is 4.73. The first-order valence-electron chi connectivity index (χ1n) is 7.48. The zero-order valence-electron chi connectivity index (χ0n) is 13.1. The SMILES string of the molecule is CC(=O)C1(C)C(=O)Nc2cc3c(cc21)NC(c1cnc(=O)[nH]c1)N3. The van der Waals surface area contributed by atoms with Gasteiger partial charge in [-0.1, -0.05) is 0 Å². The molecule has 8 heteroatoms. The minimum atomic E-state index is -1.18. The molecule has 3 heterocycles. The lowest BCUT2D eigenvalue weighted by Crippen LogP contribution is -2.37. The number of hydrogen-bond donors (Lipinski definition) is 4. The standard InChI is InChI=1S/C16H15N5O3/c1-7(22)16(2)9-3-11-12(4-10(9)21-14(16)23)20-13(19-11)8-5-17-15(24)18-6-8/h3-6,13,19-20H,1-2H3,(H,21,23)(H,17,18,24). The molecule has 2 aromatic rings. The van der Waals surface area contributed by atoms with Gasteiger partial charge in [0, 0.05) is 29.2 Å². The first-order chi connectivity index (χ1) is 11.4. The summed E-state index contributed by atoms with van der Waals surface area (Å²) in [6, 6.07) is 3.62. The number of aromatic amines is 1. The van der Waals surface area contributed by atoms with E-state index in [1.165, 1.54) is 13.1 Å². The van der Waals surface area contributed by atoms with Crippen LogP contribution in [0, 0.1) is 0 Å². The summed E-state index contributed by atoms with van der Waals surface area (Å²) in [5, 5.41) is 9.30. The largest absolute Gasteiger partial charge is 0.360 e. The van der Waals surface area contributed by atoms with Gasteiger partial charge in [0.1, 0.15) is 17.4 Å². The molecular weight excluding hydrogens is 310 g/mol. The highest BCUT2D eigenvalue weighted by Gasteiger charge is 2.47. The van der Waals surface area contributed by atoms with Gasteiger partial charge in [0.15, 0.2) is 0 Å². The molecule has 2 atom stereocenters. The van der Waals surface area contributed by atoms with E-state index in [1.54, 1.807) is 13.1 Å². The molecule has 0 fully saturated rings. The Hall–Kier alpha value is -3.16. The van der Waals surface area contributed by atoms with Gasteiger partial charge >= 0.3 is 5.69 Å². The lowest BCUT2D eigenvalue weighted by Gasteiger charge is -2.18. The van der Waals surface area contributed by atoms with E-state index in [1.807, 2.05) is 12.1 Å². The second-order valence-corrected chi connectivity index (χ2v) is 6.15. The Morgan fingerprint density at radius 3 is 2.50 bits per heavy atom. The van der Waals surface area contributed by atoms with E-state index in [9.17, 15) is 14.4 Å². The summed E-state index contributed by atoms with van der Waals surface area (Å²) in [4.78, 5) is 41.6. The van der Waals surface area contributed by atoms with Gasteiger partial charge < -0.3 is 20.9 Å². The molecule has 24 heavy (non-hydrogen) atoms. The van der Waals surface area contributed by atoms with Crippen LogP contribution in [-0.2, 0) is 15.0 Å². The Bertz CT molecular complexity index is 931. The predicted octanol–water partition coefficient (Wildman–Crippen LogP) is 1.10. The van der Waals surface area contributed by atoms with Crippen molar-refractivity contribution in [1.29, 1.82) is 0 Å². The second-order valence-electron chi connectivity index (χ2n) is 6.15. The second kappa shape index (κ2) is 4.67. The summed E-state index contributed by atoms with van der Waals surface area (Å²) in [7, 11) is 0. The Morgan fingerprint density at radius 2 is 1.88 bits per heavy atom. The van der Waals surface area contributed by atoms with Crippen molar-refractivity contribution in [1.82, 2.24) is 9.97 Å². The summed E-state index contributed by atoms with van der Waals surface area (Å²) in [5.41, 5.74) is 2.06. The smallest absolute Gasteiger partial charge is 0.344 e. The Morgan fingerprint density at radius 1 is 1.17 bits per heavy atom. The number of ketones is 1. The van der Waals surface area contributed by atoms with Crippen molar-refractivity contribution in [3.8, 4) is 0 Å². The van der Waals surface area contributed by atoms with Crippen LogP contribution in [0.3, 0.4) is 0 Å². The lowest BCUT2D eigenvalue weighted by molar-refractivity contribution is -0.130. The highest BCUT2D eigenvalue weighted by Crippen LogP contribution is 2.46. The molecular formula is C16H15N5O3. The van der Waals surface area contributed by atoms with Gasteiger partial charge in [0.05, 0.1) is 11.4 Å². The molecule has 2 aliphatic heterocycles. The third-order valence-electron chi connectivity index (χ3n) is 4.73. The fraction of sp³-hybridized carbons (Fsp3) is 0.250. The van der Waals surface area contributed by atoms with Crippen LogP contribution in [0.15, 0.2) is 29.3 Å². The first kappa shape index (κ1) is 14.4. The van der Waals surface area contributed by atoms with Gasteiger partial charge in [0.25, 0.3) is 0 Å². The van der Waals surface area contributed by atoms with Crippen molar-refractivity contribution in [3.05, 3.63) is 46.1 Å². The number of aromatic nitrogens is 2. The number of amides is 1. The maximum atomic E-state index is 12.2. The Balaban J connectivity index is 1.73. The van der Waals surface area contributed by atoms with Crippen molar-refractivity contribution < 1.29 is 9.59 Å². The Kier molecular flexibility index (Phi) is 2.81. The van der Waals surface area contributed by atoms with Crippen LogP contribution in [-0.4, -0.2) is 21.7 Å². The van der Waals surface area contributed by atoms with Crippen LogP contribution in [0.4, 0.5) is 17.1 Å². The number of hydrogen-bond acceptors (Lipinski definition) is 6. The molecule has 0 saturated heterocycles. The number of rotatable bonds is 2. The molecule has 2 unspecified atom stereocenters. The van der Waals surface area contributed by atoms with Crippen LogP contribution in [0.5, 0.6) is 0 Å². The molecule has 1 aromatic heterocycles. The van der Waals surface area contributed by atoms with E-state index in [0.717, 1.165) is 16.9 Å². The molecule has 122 valence electrons. The quantitative estimate of drug-likeness (QED) is 0.615. The number of nitrogens with zero attached hydrogens (tertiary/aromatic N) is 1. The average Bonchev–Trinajstić information content (AvgIpc) is 3.06. The van der Waals surface area contributed by atoms with Crippen molar-refractivity contribution in [3.63, 3.8) is 0 Å². The minimum Gasteiger partial charge on any atom is -0.360 e. The number of fused-ring (bicyclic) bond motifs is 2. The van der Waals surface area contributed by atoms with E-state index in [0.29, 0.717) is 11.3 Å². The molecule has 0 saturated carbocycles. The van der Waals surface area contributed by atoms with E-state index in [2.05, 4.69) is 25.9 Å². The molecule has 2 aliphatic rings. The van der Waals surface area contributed by atoms with Gasteiger partial charge in [-0.25, -0.2) is 9.78 Å². The average molecular weight is 325 g/mol. The van der Waals surface area contributed by atoms with Crippen LogP contribution in [0.2, 0.25) is 0 Å². The number of benzene rings is 1. The van der Waals surface area contributed by atoms with E-state index >= 15 is 0 Å². The zero-order chi connectivity index (χ0) is 17.1. The van der Waals surface area contributed by atoms with Crippen LogP contribution >= 0.6 is 0 Å².